The van der Waals surface area contributed by atoms with Crippen LogP contribution >= 0.6 is 0 Å². The van der Waals surface area contributed by atoms with Gasteiger partial charge in [0.25, 0.3) is 0 Å². The Hall–Kier alpha value is -1.90. The largest absolute Gasteiger partial charge is 0.391 e. The van der Waals surface area contributed by atoms with Gasteiger partial charge >= 0.3 is 0 Å². The molecule has 3 aromatic carbocycles. The molecule has 0 amide bonds. The molecule has 0 heterocycles. The summed E-state index contributed by atoms with van der Waals surface area (Å²) >= 11 is 0. The fourth-order valence-electron chi connectivity index (χ4n) is 3.28. The molecule has 0 aliphatic rings. The Morgan fingerprint density at radius 2 is 1.39 bits per heavy atom. The van der Waals surface area contributed by atoms with Gasteiger partial charge in [0.15, 0.2) is 0 Å². The van der Waals surface area contributed by atoms with E-state index in [9.17, 15) is 5.11 Å². The third-order valence-corrected chi connectivity index (χ3v) is 4.60. The van der Waals surface area contributed by atoms with Crippen LogP contribution in [0.5, 0.6) is 0 Å². The quantitative estimate of drug-likeness (QED) is 0.666. The van der Waals surface area contributed by atoms with Crippen LogP contribution in [-0.4, -0.2) is 11.2 Å². The molecule has 2 heteroatoms. The van der Waals surface area contributed by atoms with Crippen molar-refractivity contribution in [1.82, 2.24) is 0 Å². The summed E-state index contributed by atoms with van der Waals surface area (Å²) in [5, 5.41) is 15.2. The molecule has 3 aromatic rings. The first-order valence-corrected chi connectivity index (χ1v) is 8.42. The highest BCUT2D eigenvalue weighted by Crippen LogP contribution is 2.34. The van der Waals surface area contributed by atoms with E-state index in [2.05, 4.69) is 44.2 Å². The van der Waals surface area contributed by atoms with Crippen LogP contribution in [0.25, 0.3) is 21.5 Å². The minimum atomic E-state index is -0.522. The fourth-order valence-corrected chi connectivity index (χ4v) is 3.28. The predicted molar refractivity (Wildman–Crippen MR) is 98.5 cm³/mol. The van der Waals surface area contributed by atoms with Crippen LogP contribution in [0.3, 0.4) is 0 Å². The molecular weight excluding hydrogens is 282 g/mol. The van der Waals surface area contributed by atoms with Gasteiger partial charge in [-0.1, -0.05) is 62.4 Å². The average molecular weight is 307 g/mol. The average Bonchev–Trinajstić information content (AvgIpc) is 2.56. The van der Waals surface area contributed by atoms with Crippen molar-refractivity contribution >= 4 is 21.5 Å². The third kappa shape index (κ3) is 3.24. The second-order valence-electron chi connectivity index (χ2n) is 6.80. The molecular formula is C21H25NO. The van der Waals surface area contributed by atoms with Crippen molar-refractivity contribution in [3.8, 4) is 0 Å². The summed E-state index contributed by atoms with van der Waals surface area (Å²) in [5.41, 5.74) is 7.57. The lowest BCUT2D eigenvalue weighted by Crippen LogP contribution is -2.27. The molecule has 3 rings (SSSR count). The van der Waals surface area contributed by atoms with Gasteiger partial charge < -0.3 is 10.8 Å². The second kappa shape index (κ2) is 6.69. The third-order valence-electron chi connectivity index (χ3n) is 4.60. The number of rotatable bonds is 5. The molecule has 2 nitrogen and oxygen atoms in total. The van der Waals surface area contributed by atoms with Crippen molar-refractivity contribution in [2.24, 2.45) is 11.7 Å². The Morgan fingerprint density at radius 1 is 0.870 bits per heavy atom. The van der Waals surface area contributed by atoms with E-state index in [1.807, 2.05) is 24.3 Å². The molecule has 0 aromatic heterocycles. The first kappa shape index (κ1) is 16.0. The number of aliphatic hydroxyl groups is 1. The van der Waals surface area contributed by atoms with Gasteiger partial charge in [-0.3, -0.25) is 0 Å². The number of hydrogen-bond acceptors (Lipinski definition) is 2. The number of fused-ring (bicyclic) bond motifs is 2. The van der Waals surface area contributed by atoms with Gasteiger partial charge in [-0.05, 0) is 51.9 Å². The minimum Gasteiger partial charge on any atom is -0.391 e. The molecule has 0 bridgehead atoms. The Balaban J connectivity index is 2.12. The van der Waals surface area contributed by atoms with Gasteiger partial charge in [-0.25, -0.2) is 0 Å². The first-order chi connectivity index (χ1) is 11.1. The van der Waals surface area contributed by atoms with E-state index < -0.39 is 6.10 Å². The van der Waals surface area contributed by atoms with E-state index in [1.54, 1.807) is 0 Å². The highest BCUT2D eigenvalue weighted by molar-refractivity contribution is 6.02. The summed E-state index contributed by atoms with van der Waals surface area (Å²) in [7, 11) is 0. The van der Waals surface area contributed by atoms with E-state index in [4.69, 9.17) is 5.73 Å². The Morgan fingerprint density at radius 3 is 1.91 bits per heavy atom. The lowest BCUT2D eigenvalue weighted by Gasteiger charge is -2.23. The summed E-state index contributed by atoms with van der Waals surface area (Å²) in [4.78, 5) is 0. The topological polar surface area (TPSA) is 46.2 Å². The van der Waals surface area contributed by atoms with E-state index in [1.165, 1.54) is 10.8 Å². The van der Waals surface area contributed by atoms with E-state index in [-0.39, 0.29) is 6.04 Å². The Labute approximate surface area is 137 Å². The highest BCUT2D eigenvalue weighted by Gasteiger charge is 2.21. The summed E-state index contributed by atoms with van der Waals surface area (Å²) in [6.07, 6.45) is 1.19. The summed E-state index contributed by atoms with van der Waals surface area (Å²) in [5.74, 6) is 0.570. The highest BCUT2D eigenvalue weighted by atomic mass is 16.3. The van der Waals surface area contributed by atoms with Crippen LogP contribution in [0.1, 0.15) is 38.3 Å². The molecule has 0 spiro atoms. The van der Waals surface area contributed by atoms with Crippen molar-refractivity contribution in [3.63, 3.8) is 0 Å². The normalized spacial score (nSPS) is 14.5. The standard InChI is InChI=1S/C21H25NO/c1-14(2)11-12-19(23)21(22)20-17-9-5-3-7-15(17)13-16-8-4-6-10-18(16)20/h3-10,13-14,19,21,23H,11-12,22H2,1-2H3/t19-,21-/m1/s1. The van der Waals surface area contributed by atoms with Crippen LogP contribution in [-0.2, 0) is 0 Å². The smallest absolute Gasteiger partial charge is 0.0733 e. The minimum absolute atomic E-state index is 0.371. The molecule has 0 aliphatic heterocycles. The zero-order valence-electron chi connectivity index (χ0n) is 13.9. The maximum atomic E-state index is 10.6. The molecule has 0 aliphatic carbocycles. The molecule has 120 valence electrons. The maximum Gasteiger partial charge on any atom is 0.0733 e. The lowest BCUT2D eigenvalue weighted by atomic mass is 9.88. The molecule has 0 saturated heterocycles. The fraction of sp³-hybridized carbons (Fsp3) is 0.333. The van der Waals surface area contributed by atoms with Gasteiger partial charge in [-0.2, -0.15) is 0 Å². The lowest BCUT2D eigenvalue weighted by molar-refractivity contribution is 0.129. The molecule has 0 fully saturated rings. The Kier molecular flexibility index (Phi) is 4.65. The van der Waals surface area contributed by atoms with Crippen molar-refractivity contribution in [1.29, 1.82) is 0 Å². The molecule has 0 radical (unpaired) electrons. The molecule has 0 unspecified atom stereocenters. The maximum absolute atomic E-state index is 10.6. The van der Waals surface area contributed by atoms with Gasteiger partial charge in [0, 0.05) is 0 Å². The molecule has 23 heavy (non-hydrogen) atoms. The zero-order chi connectivity index (χ0) is 16.4. The van der Waals surface area contributed by atoms with E-state index in [0.717, 1.165) is 29.2 Å². The monoisotopic (exact) mass is 307 g/mol. The Bertz CT molecular complexity index is 755. The molecule has 2 atom stereocenters. The van der Waals surface area contributed by atoms with E-state index >= 15 is 0 Å². The molecule has 0 saturated carbocycles. The van der Waals surface area contributed by atoms with Crippen molar-refractivity contribution in [3.05, 3.63) is 60.2 Å². The van der Waals surface area contributed by atoms with Crippen LogP contribution in [0.2, 0.25) is 0 Å². The number of benzene rings is 3. The van der Waals surface area contributed by atoms with Gasteiger partial charge in [-0.15, -0.1) is 0 Å². The van der Waals surface area contributed by atoms with Gasteiger partial charge in [0.05, 0.1) is 12.1 Å². The summed E-state index contributed by atoms with van der Waals surface area (Å²) < 4.78 is 0. The van der Waals surface area contributed by atoms with Crippen molar-refractivity contribution in [2.75, 3.05) is 0 Å². The zero-order valence-corrected chi connectivity index (χ0v) is 13.9. The van der Waals surface area contributed by atoms with Crippen LogP contribution in [0, 0.1) is 5.92 Å². The number of nitrogens with two attached hydrogens (primary N) is 1. The number of hydrogen-bond donors (Lipinski definition) is 2. The van der Waals surface area contributed by atoms with Crippen molar-refractivity contribution in [2.45, 2.75) is 38.8 Å². The molecule has 3 N–H and O–H groups in total. The second-order valence-corrected chi connectivity index (χ2v) is 6.80. The van der Waals surface area contributed by atoms with Crippen molar-refractivity contribution < 1.29 is 5.11 Å². The SMILES string of the molecule is CC(C)CC[C@@H](O)[C@@H](N)c1c2ccccc2cc2ccccc12. The van der Waals surface area contributed by atoms with Crippen LogP contribution in [0.4, 0.5) is 0 Å². The van der Waals surface area contributed by atoms with Crippen LogP contribution in [0.15, 0.2) is 54.6 Å². The number of aliphatic hydroxyl groups excluding tert-OH is 1. The van der Waals surface area contributed by atoms with Gasteiger partial charge in [0.1, 0.15) is 0 Å². The van der Waals surface area contributed by atoms with E-state index in [0.29, 0.717) is 5.92 Å². The van der Waals surface area contributed by atoms with Gasteiger partial charge in [0.2, 0.25) is 0 Å². The van der Waals surface area contributed by atoms with Crippen LogP contribution < -0.4 is 5.73 Å². The predicted octanol–water partition coefficient (Wildman–Crippen LogP) is 4.79. The summed E-state index contributed by atoms with van der Waals surface area (Å²) in [6, 6.07) is 18.4. The summed E-state index contributed by atoms with van der Waals surface area (Å²) in [6.45, 7) is 4.34. The first-order valence-electron chi connectivity index (χ1n) is 8.42.